The van der Waals surface area contributed by atoms with Gasteiger partial charge in [-0.1, -0.05) is 42.5 Å². The quantitative estimate of drug-likeness (QED) is 0.461. The predicted molar refractivity (Wildman–Crippen MR) is 124 cm³/mol. The molecular weight excluding hydrogens is 385 g/mol. The number of nitrogens with zero attached hydrogens (tertiary/aromatic N) is 3. The van der Waals surface area contributed by atoms with Crippen molar-refractivity contribution in [2.75, 3.05) is 0 Å². The third-order valence-corrected chi connectivity index (χ3v) is 6.17. The molecule has 0 unspecified atom stereocenters. The zero-order valence-electron chi connectivity index (χ0n) is 18.2. The van der Waals surface area contributed by atoms with Crippen molar-refractivity contribution in [3.05, 3.63) is 72.9 Å². The van der Waals surface area contributed by atoms with Crippen LogP contribution < -0.4 is 5.46 Å². The van der Waals surface area contributed by atoms with E-state index >= 15 is 0 Å². The summed E-state index contributed by atoms with van der Waals surface area (Å²) in [4.78, 5) is 14.5. The summed E-state index contributed by atoms with van der Waals surface area (Å²) in [5.74, 6) is 0. The molecule has 154 valence electrons. The van der Waals surface area contributed by atoms with Crippen LogP contribution >= 0.6 is 0 Å². The summed E-state index contributed by atoms with van der Waals surface area (Å²) in [6.45, 7) is 8.22. The molecule has 0 atom stereocenters. The molecule has 0 saturated carbocycles. The van der Waals surface area contributed by atoms with Gasteiger partial charge in [0.1, 0.15) is 5.69 Å². The first-order valence-electron chi connectivity index (χ1n) is 10.5. The molecule has 0 radical (unpaired) electrons. The molecule has 0 amide bonds. The summed E-state index contributed by atoms with van der Waals surface area (Å²) in [6, 6.07) is 21.9. The van der Waals surface area contributed by atoms with Crippen LogP contribution in [0.3, 0.4) is 0 Å². The van der Waals surface area contributed by atoms with Crippen molar-refractivity contribution in [2.24, 2.45) is 0 Å². The van der Waals surface area contributed by atoms with E-state index < -0.39 is 18.3 Å². The largest absolute Gasteiger partial charge is 0.494 e. The van der Waals surface area contributed by atoms with E-state index in [4.69, 9.17) is 19.3 Å². The van der Waals surface area contributed by atoms with E-state index in [-0.39, 0.29) is 0 Å². The molecule has 31 heavy (non-hydrogen) atoms. The second-order valence-electron chi connectivity index (χ2n) is 8.84. The van der Waals surface area contributed by atoms with Crippen molar-refractivity contribution in [1.29, 1.82) is 0 Å². The molecular formula is C25H24BN3O2. The second-order valence-corrected chi connectivity index (χ2v) is 8.84. The summed E-state index contributed by atoms with van der Waals surface area (Å²) in [5, 5.41) is 0. The van der Waals surface area contributed by atoms with Gasteiger partial charge in [0.25, 0.3) is 0 Å². The van der Waals surface area contributed by atoms with Crippen LogP contribution in [0.4, 0.5) is 0 Å². The molecule has 2 aromatic heterocycles. The van der Waals surface area contributed by atoms with Crippen LogP contribution in [0, 0.1) is 0 Å². The van der Waals surface area contributed by atoms with Gasteiger partial charge in [-0.05, 0) is 57.4 Å². The van der Waals surface area contributed by atoms with E-state index in [0.717, 1.165) is 39.1 Å². The van der Waals surface area contributed by atoms with Gasteiger partial charge >= 0.3 is 7.12 Å². The lowest BCUT2D eigenvalue weighted by Crippen LogP contribution is -2.41. The fourth-order valence-electron chi connectivity index (χ4n) is 3.68. The lowest BCUT2D eigenvalue weighted by atomic mass is 9.79. The Balaban J connectivity index is 1.65. The minimum absolute atomic E-state index is 0.394. The molecule has 0 N–H and O–H groups in total. The highest BCUT2D eigenvalue weighted by Gasteiger charge is 2.51. The smallest absolute Gasteiger partial charge is 0.399 e. The summed E-state index contributed by atoms with van der Waals surface area (Å²) in [6.07, 6.45) is 1.77. The predicted octanol–water partition coefficient (Wildman–Crippen LogP) is 4.66. The summed E-state index contributed by atoms with van der Waals surface area (Å²) in [5.41, 5.74) is 5.11. The van der Waals surface area contributed by atoms with Crippen molar-refractivity contribution in [2.45, 2.75) is 38.9 Å². The normalized spacial score (nSPS) is 17.2. The maximum atomic E-state index is 6.22. The zero-order chi connectivity index (χ0) is 21.6. The van der Waals surface area contributed by atoms with E-state index in [1.807, 2.05) is 66.7 Å². The zero-order valence-corrected chi connectivity index (χ0v) is 18.2. The third-order valence-electron chi connectivity index (χ3n) is 6.17. The fraction of sp³-hybridized carbons (Fsp3) is 0.240. The average molecular weight is 409 g/mol. The lowest BCUT2D eigenvalue weighted by molar-refractivity contribution is 0.00578. The van der Waals surface area contributed by atoms with Gasteiger partial charge < -0.3 is 9.31 Å². The molecule has 1 saturated heterocycles. The molecule has 6 heteroatoms. The molecule has 0 bridgehead atoms. The SMILES string of the molecule is CC1(C)OB(c2ccc3nc(-c4ccccc4)c(-c4ccccn4)nc3c2)OC1(C)C. The number of benzene rings is 2. The Hall–Kier alpha value is -3.09. The molecule has 5 rings (SSSR count). The number of rotatable bonds is 3. The van der Waals surface area contributed by atoms with Crippen LogP contribution in [0.25, 0.3) is 33.7 Å². The van der Waals surface area contributed by atoms with Crippen LogP contribution in [-0.4, -0.2) is 33.3 Å². The molecule has 3 heterocycles. The van der Waals surface area contributed by atoms with E-state index in [1.54, 1.807) is 6.20 Å². The number of pyridine rings is 1. The fourth-order valence-corrected chi connectivity index (χ4v) is 3.68. The maximum Gasteiger partial charge on any atom is 0.494 e. The standard InChI is InChI=1S/C25H24BN3O2/c1-24(2)25(3,4)31-26(30-24)18-13-14-19-21(16-18)29-23(20-12-8-9-15-27-20)22(28-19)17-10-6-5-7-11-17/h5-16H,1-4H3. The number of aromatic nitrogens is 3. The highest BCUT2D eigenvalue weighted by Crippen LogP contribution is 2.37. The Morgan fingerprint density at radius 3 is 2.06 bits per heavy atom. The van der Waals surface area contributed by atoms with Crippen molar-refractivity contribution < 1.29 is 9.31 Å². The Bertz CT molecular complexity index is 1230. The molecule has 5 nitrogen and oxygen atoms in total. The molecule has 0 aliphatic carbocycles. The second kappa shape index (κ2) is 7.25. The number of hydrogen-bond donors (Lipinski definition) is 0. The van der Waals surface area contributed by atoms with Gasteiger partial charge in [0.05, 0.1) is 33.6 Å². The van der Waals surface area contributed by atoms with E-state index in [1.165, 1.54) is 0 Å². The minimum atomic E-state index is -0.441. The van der Waals surface area contributed by atoms with Gasteiger partial charge in [0, 0.05) is 11.8 Å². The van der Waals surface area contributed by atoms with E-state index in [0.29, 0.717) is 0 Å². The van der Waals surface area contributed by atoms with Gasteiger partial charge in [-0.15, -0.1) is 0 Å². The Morgan fingerprint density at radius 2 is 1.39 bits per heavy atom. The molecule has 4 aromatic rings. The van der Waals surface area contributed by atoms with Crippen molar-refractivity contribution >= 4 is 23.6 Å². The van der Waals surface area contributed by atoms with Crippen molar-refractivity contribution in [1.82, 2.24) is 15.0 Å². The minimum Gasteiger partial charge on any atom is -0.399 e. The van der Waals surface area contributed by atoms with Crippen LogP contribution in [0.15, 0.2) is 72.9 Å². The average Bonchev–Trinajstić information content (AvgIpc) is 3.00. The third kappa shape index (κ3) is 3.52. The van der Waals surface area contributed by atoms with Crippen LogP contribution in [0.2, 0.25) is 0 Å². The van der Waals surface area contributed by atoms with Gasteiger partial charge in [-0.3, -0.25) is 4.98 Å². The van der Waals surface area contributed by atoms with E-state index in [9.17, 15) is 0 Å². The summed E-state index contributed by atoms with van der Waals surface area (Å²) >= 11 is 0. The maximum absolute atomic E-state index is 6.22. The van der Waals surface area contributed by atoms with Crippen LogP contribution in [0.5, 0.6) is 0 Å². The molecule has 0 spiro atoms. The first kappa shape index (κ1) is 19.9. The Kier molecular flexibility index (Phi) is 4.65. The summed E-state index contributed by atoms with van der Waals surface area (Å²) < 4.78 is 12.4. The number of hydrogen-bond acceptors (Lipinski definition) is 5. The molecule has 1 aliphatic rings. The van der Waals surface area contributed by atoms with Gasteiger partial charge in [-0.25, -0.2) is 9.97 Å². The lowest BCUT2D eigenvalue weighted by Gasteiger charge is -2.32. The monoisotopic (exact) mass is 409 g/mol. The summed E-state index contributed by atoms with van der Waals surface area (Å²) in [7, 11) is -0.441. The van der Waals surface area contributed by atoms with Gasteiger partial charge in [0.2, 0.25) is 0 Å². The highest BCUT2D eigenvalue weighted by molar-refractivity contribution is 6.62. The van der Waals surface area contributed by atoms with Crippen molar-refractivity contribution in [3.8, 4) is 22.6 Å². The molecule has 2 aromatic carbocycles. The highest BCUT2D eigenvalue weighted by atomic mass is 16.7. The van der Waals surface area contributed by atoms with Crippen LogP contribution in [0.1, 0.15) is 27.7 Å². The Labute approximate surface area is 182 Å². The molecule has 1 fully saturated rings. The first-order chi connectivity index (χ1) is 14.8. The first-order valence-corrected chi connectivity index (χ1v) is 10.5. The van der Waals surface area contributed by atoms with E-state index in [2.05, 4.69) is 32.7 Å². The topological polar surface area (TPSA) is 57.1 Å². The van der Waals surface area contributed by atoms with Gasteiger partial charge in [0.15, 0.2) is 0 Å². The molecule has 1 aliphatic heterocycles. The van der Waals surface area contributed by atoms with Gasteiger partial charge in [-0.2, -0.15) is 0 Å². The number of fused-ring (bicyclic) bond motifs is 1. The Morgan fingerprint density at radius 1 is 0.710 bits per heavy atom. The van der Waals surface area contributed by atoms with Crippen LogP contribution in [-0.2, 0) is 9.31 Å². The van der Waals surface area contributed by atoms with Crippen molar-refractivity contribution in [3.63, 3.8) is 0 Å².